The van der Waals surface area contributed by atoms with Gasteiger partial charge in [-0.1, -0.05) is 6.07 Å². The Bertz CT molecular complexity index is 1270. The summed E-state index contributed by atoms with van der Waals surface area (Å²) in [5.74, 6) is -2.44. The molecule has 0 radical (unpaired) electrons. The highest BCUT2D eigenvalue weighted by atomic mass is 32.1. The quantitative estimate of drug-likeness (QED) is 0.152. The van der Waals surface area contributed by atoms with Gasteiger partial charge >= 0.3 is 11.9 Å². The highest BCUT2D eigenvalue weighted by Crippen LogP contribution is 2.27. The minimum atomic E-state index is -0.760. The Morgan fingerprint density at radius 2 is 1.77 bits per heavy atom. The molecule has 0 bridgehead atoms. The molecule has 0 spiro atoms. The molecule has 0 saturated carbocycles. The van der Waals surface area contributed by atoms with Crippen LogP contribution in [-0.4, -0.2) is 41.7 Å². The number of hydrogen-bond donors (Lipinski definition) is 0. The third-order valence-electron chi connectivity index (χ3n) is 5.29. The van der Waals surface area contributed by atoms with E-state index in [1.807, 2.05) is 0 Å². The molecule has 2 heterocycles. The van der Waals surface area contributed by atoms with Gasteiger partial charge in [-0.25, -0.2) is 4.79 Å². The van der Waals surface area contributed by atoms with Crippen molar-refractivity contribution in [2.75, 3.05) is 18.1 Å². The van der Waals surface area contributed by atoms with E-state index in [0.717, 1.165) is 0 Å². The molecule has 0 aliphatic carbocycles. The summed E-state index contributed by atoms with van der Waals surface area (Å²) in [5, 5.41) is 12.5. The zero-order chi connectivity index (χ0) is 24.9. The Hall–Kier alpha value is -4.38. The lowest BCUT2D eigenvalue weighted by Crippen LogP contribution is -2.27. The fraction of sp³-hybridized carbons (Fsp3) is 0.167. The average Bonchev–Trinajstić information content (AvgIpc) is 3.53. The first kappa shape index (κ1) is 23.8. The van der Waals surface area contributed by atoms with Crippen molar-refractivity contribution in [3.8, 4) is 5.75 Å². The maximum atomic E-state index is 12.4. The predicted molar refractivity (Wildman–Crippen MR) is 125 cm³/mol. The summed E-state index contributed by atoms with van der Waals surface area (Å²) in [5.41, 5.74) is 0.596. The number of thiophene rings is 1. The molecule has 1 atom stereocenters. The monoisotopic (exact) mass is 494 g/mol. The van der Waals surface area contributed by atoms with Gasteiger partial charge in [0.15, 0.2) is 12.4 Å². The van der Waals surface area contributed by atoms with E-state index >= 15 is 0 Å². The van der Waals surface area contributed by atoms with E-state index in [0.29, 0.717) is 10.6 Å². The number of esters is 2. The molecule has 4 rings (SSSR count). The van der Waals surface area contributed by atoms with Crippen LogP contribution in [0.1, 0.15) is 26.5 Å². The Balaban J connectivity index is 1.28. The van der Waals surface area contributed by atoms with Crippen molar-refractivity contribution < 1.29 is 33.6 Å². The highest BCUT2D eigenvalue weighted by molar-refractivity contribution is 7.12. The van der Waals surface area contributed by atoms with Gasteiger partial charge in [0.2, 0.25) is 5.91 Å². The van der Waals surface area contributed by atoms with Crippen molar-refractivity contribution in [2.24, 2.45) is 5.92 Å². The van der Waals surface area contributed by atoms with Gasteiger partial charge in [0, 0.05) is 36.3 Å². The molecule has 10 nitrogen and oxygen atoms in total. The summed E-state index contributed by atoms with van der Waals surface area (Å²) in [4.78, 5) is 61.2. The zero-order valence-corrected chi connectivity index (χ0v) is 18.9. The first-order chi connectivity index (χ1) is 16.8. The number of carbonyl (C=O) groups excluding carboxylic acids is 4. The number of amides is 1. The number of rotatable bonds is 8. The van der Waals surface area contributed by atoms with Crippen molar-refractivity contribution in [2.45, 2.75) is 6.42 Å². The number of Topliss-reactive ketones (excluding diaryl/α,β-unsaturated/α-hetero) is 1. The number of ketones is 1. The van der Waals surface area contributed by atoms with E-state index in [4.69, 9.17) is 9.47 Å². The van der Waals surface area contributed by atoms with Crippen molar-refractivity contribution >= 4 is 46.3 Å². The standard InChI is InChI=1S/C24H18N2O8S/c27-20(15-3-9-19(10-4-15)34-24(30)21-2-1-11-35-21)14-33-23(29)16-12-22(28)25(13-16)17-5-7-18(8-6-17)26(31)32/h1-11,16H,12-14H2/t16-/m0/s1. The molecule has 1 amide bonds. The first-order valence-corrected chi connectivity index (χ1v) is 11.3. The maximum Gasteiger partial charge on any atom is 0.353 e. The van der Waals surface area contributed by atoms with E-state index in [1.165, 1.54) is 64.8 Å². The topological polar surface area (TPSA) is 133 Å². The van der Waals surface area contributed by atoms with Gasteiger partial charge in [0.25, 0.3) is 5.69 Å². The molecule has 1 aliphatic heterocycles. The third kappa shape index (κ3) is 5.58. The van der Waals surface area contributed by atoms with Crippen LogP contribution in [0.2, 0.25) is 0 Å². The van der Waals surface area contributed by atoms with Crippen LogP contribution in [0.3, 0.4) is 0 Å². The minimum absolute atomic E-state index is 0.0496. The molecule has 1 saturated heterocycles. The van der Waals surface area contributed by atoms with Crippen LogP contribution in [0, 0.1) is 16.0 Å². The third-order valence-corrected chi connectivity index (χ3v) is 6.14. The van der Waals surface area contributed by atoms with Gasteiger partial charge in [-0.15, -0.1) is 11.3 Å². The number of benzene rings is 2. The molecule has 178 valence electrons. The number of nitro benzene ring substituents is 1. The lowest BCUT2D eigenvalue weighted by molar-refractivity contribution is -0.384. The van der Waals surface area contributed by atoms with Gasteiger partial charge in [0.1, 0.15) is 10.6 Å². The Kier molecular flexibility index (Phi) is 6.97. The molecule has 11 heteroatoms. The Morgan fingerprint density at radius 3 is 2.40 bits per heavy atom. The van der Waals surface area contributed by atoms with Crippen LogP contribution in [0.4, 0.5) is 11.4 Å². The smallest absolute Gasteiger partial charge is 0.353 e. The van der Waals surface area contributed by atoms with Crippen LogP contribution < -0.4 is 9.64 Å². The number of hydrogen-bond acceptors (Lipinski definition) is 9. The maximum absolute atomic E-state index is 12.4. The van der Waals surface area contributed by atoms with Gasteiger partial charge in [-0.2, -0.15) is 0 Å². The molecular formula is C24H18N2O8S. The summed E-state index contributed by atoms with van der Waals surface area (Å²) in [6.45, 7) is -0.455. The fourth-order valence-electron chi connectivity index (χ4n) is 3.47. The van der Waals surface area contributed by atoms with Crippen LogP contribution in [0.5, 0.6) is 5.75 Å². The van der Waals surface area contributed by atoms with E-state index in [9.17, 15) is 29.3 Å². The Labute approximate surface area is 202 Å². The molecule has 0 N–H and O–H groups in total. The highest BCUT2D eigenvalue weighted by Gasteiger charge is 2.36. The zero-order valence-electron chi connectivity index (χ0n) is 18.1. The van der Waals surface area contributed by atoms with Crippen LogP contribution in [0.25, 0.3) is 0 Å². The molecule has 1 aromatic heterocycles. The molecule has 35 heavy (non-hydrogen) atoms. The molecule has 2 aromatic carbocycles. The second kappa shape index (κ2) is 10.3. The largest absolute Gasteiger partial charge is 0.457 e. The summed E-state index contributed by atoms with van der Waals surface area (Å²) in [6, 6.07) is 14.7. The number of non-ortho nitro benzene ring substituents is 1. The fourth-order valence-corrected chi connectivity index (χ4v) is 4.07. The number of carbonyl (C=O) groups is 4. The van der Waals surface area contributed by atoms with Crippen molar-refractivity contribution in [1.29, 1.82) is 0 Å². The summed E-state index contributed by atoms with van der Waals surface area (Å²) in [7, 11) is 0. The van der Waals surface area contributed by atoms with E-state index in [1.54, 1.807) is 17.5 Å². The first-order valence-electron chi connectivity index (χ1n) is 10.4. The molecule has 1 fully saturated rings. The lowest BCUT2D eigenvalue weighted by Gasteiger charge is -2.16. The SMILES string of the molecule is O=C(COC(=O)[C@H]1CC(=O)N(c2ccc([N+](=O)[O-])cc2)C1)c1ccc(OC(=O)c2cccs2)cc1. The van der Waals surface area contributed by atoms with Gasteiger partial charge in [-0.3, -0.25) is 24.5 Å². The van der Waals surface area contributed by atoms with E-state index < -0.39 is 35.2 Å². The number of nitrogens with zero attached hydrogens (tertiary/aromatic N) is 2. The van der Waals surface area contributed by atoms with Crippen LogP contribution in [-0.2, 0) is 14.3 Å². The summed E-state index contributed by atoms with van der Waals surface area (Å²) in [6.07, 6.45) is -0.0890. The molecule has 3 aromatic rings. The second-order valence-corrected chi connectivity index (χ2v) is 8.55. The van der Waals surface area contributed by atoms with Gasteiger partial charge in [-0.05, 0) is 47.8 Å². The molecule has 1 aliphatic rings. The molecule has 0 unspecified atom stereocenters. The summed E-state index contributed by atoms with van der Waals surface area (Å²) >= 11 is 1.25. The van der Waals surface area contributed by atoms with E-state index in [2.05, 4.69) is 0 Å². The lowest BCUT2D eigenvalue weighted by atomic mass is 10.1. The van der Waals surface area contributed by atoms with Crippen molar-refractivity contribution in [3.05, 3.63) is 86.6 Å². The van der Waals surface area contributed by atoms with Crippen molar-refractivity contribution in [1.82, 2.24) is 0 Å². The average molecular weight is 494 g/mol. The second-order valence-electron chi connectivity index (χ2n) is 7.60. The number of nitro groups is 1. The predicted octanol–water partition coefficient (Wildman–Crippen LogP) is 3.65. The Morgan fingerprint density at radius 1 is 1.06 bits per heavy atom. The van der Waals surface area contributed by atoms with Crippen LogP contribution in [0.15, 0.2) is 66.0 Å². The number of anilines is 1. The van der Waals surface area contributed by atoms with Crippen molar-refractivity contribution in [3.63, 3.8) is 0 Å². The van der Waals surface area contributed by atoms with Crippen LogP contribution >= 0.6 is 11.3 Å². The van der Waals surface area contributed by atoms with Gasteiger partial charge < -0.3 is 14.4 Å². The number of ether oxygens (including phenoxy) is 2. The normalized spacial score (nSPS) is 15.0. The minimum Gasteiger partial charge on any atom is -0.457 e. The van der Waals surface area contributed by atoms with E-state index in [-0.39, 0.29) is 35.9 Å². The summed E-state index contributed by atoms with van der Waals surface area (Å²) < 4.78 is 10.4. The molecular weight excluding hydrogens is 476 g/mol. The van der Waals surface area contributed by atoms with Gasteiger partial charge in [0.05, 0.1) is 10.8 Å².